The van der Waals surface area contributed by atoms with Crippen LogP contribution in [0.5, 0.6) is 0 Å². The van der Waals surface area contributed by atoms with Gasteiger partial charge in [0.25, 0.3) is 0 Å². The first-order valence-electron chi connectivity index (χ1n) is 8.58. The lowest BCUT2D eigenvalue weighted by Gasteiger charge is -2.34. The molecule has 0 amide bonds. The summed E-state index contributed by atoms with van der Waals surface area (Å²) in [6.07, 6.45) is -8.60. The first kappa shape index (κ1) is 20.5. The number of hydrogen-bond acceptors (Lipinski definition) is 4. The molecule has 3 aromatic rings. The maximum Gasteiger partial charge on any atom is 0.451 e. The largest absolute Gasteiger partial charge is 0.451 e. The van der Waals surface area contributed by atoms with Crippen molar-refractivity contribution in [1.29, 1.82) is 0 Å². The summed E-state index contributed by atoms with van der Waals surface area (Å²) in [5.74, 6) is -4.54. The zero-order valence-corrected chi connectivity index (χ0v) is 15.7. The van der Waals surface area contributed by atoms with Crippen molar-refractivity contribution in [3.63, 3.8) is 0 Å². The molecule has 4 rings (SSSR count). The summed E-state index contributed by atoms with van der Waals surface area (Å²) in [4.78, 5) is 13.5. The Hall–Kier alpha value is -2.82. The van der Waals surface area contributed by atoms with Crippen LogP contribution in [0.15, 0.2) is 30.9 Å². The van der Waals surface area contributed by atoms with Crippen LogP contribution in [0.25, 0.3) is 10.9 Å². The number of hydrogen-bond donors (Lipinski definition) is 1. The van der Waals surface area contributed by atoms with Crippen LogP contribution in [-0.4, -0.2) is 26.5 Å². The Morgan fingerprint density at radius 2 is 1.70 bits per heavy atom. The van der Waals surface area contributed by atoms with Gasteiger partial charge in [0, 0.05) is 28.2 Å². The van der Waals surface area contributed by atoms with Crippen LogP contribution < -0.4 is 4.90 Å². The van der Waals surface area contributed by atoms with E-state index in [2.05, 4.69) is 26.5 Å². The quantitative estimate of drug-likeness (QED) is 0.426. The fraction of sp³-hybridized carbons (Fsp3) is 0.278. The van der Waals surface area contributed by atoms with Crippen LogP contribution in [0, 0.1) is 0 Å². The molecule has 0 fully saturated rings. The van der Waals surface area contributed by atoms with Crippen molar-refractivity contribution < 1.29 is 26.3 Å². The molecule has 0 spiro atoms. The molecular weight excluding hydrogens is 436 g/mol. The average Bonchev–Trinajstić information content (AvgIpc) is 3.03. The molecule has 1 N–H and O–H groups in total. The topological polar surface area (TPSA) is 57.7 Å². The fourth-order valence-corrected chi connectivity index (χ4v) is 3.68. The summed E-state index contributed by atoms with van der Waals surface area (Å²) in [5, 5.41) is 1.33. The zero-order valence-electron chi connectivity index (χ0n) is 14.9. The monoisotopic (exact) mass is 447 g/mol. The maximum absolute atomic E-state index is 13.1. The molecule has 0 aliphatic carbocycles. The Labute approximate surface area is 170 Å². The van der Waals surface area contributed by atoms with Gasteiger partial charge in [-0.3, -0.25) is 0 Å². The van der Waals surface area contributed by atoms with E-state index >= 15 is 0 Å². The minimum atomic E-state index is -5.17. The van der Waals surface area contributed by atoms with Crippen LogP contribution in [0.1, 0.15) is 28.9 Å². The van der Waals surface area contributed by atoms with Crippen LogP contribution in [0.2, 0.25) is 5.02 Å². The SMILES string of the molecule is C=CC1c2[nH]c3ccc(Cl)cc3c2CCN1c1nc(C(F)(F)F)nc(C(F)(F)F)n1. The number of anilines is 1. The lowest BCUT2D eigenvalue weighted by atomic mass is 9.97. The number of fused-ring (bicyclic) bond motifs is 3. The Bertz CT molecular complexity index is 1100. The molecule has 30 heavy (non-hydrogen) atoms. The molecule has 2 aromatic heterocycles. The lowest BCUT2D eigenvalue weighted by Crippen LogP contribution is -2.37. The highest BCUT2D eigenvalue weighted by atomic mass is 35.5. The number of benzene rings is 1. The fourth-order valence-electron chi connectivity index (χ4n) is 3.51. The molecule has 5 nitrogen and oxygen atoms in total. The van der Waals surface area contributed by atoms with Gasteiger partial charge in [0.15, 0.2) is 0 Å². The van der Waals surface area contributed by atoms with Gasteiger partial charge in [-0.25, -0.2) is 4.98 Å². The van der Waals surface area contributed by atoms with Crippen molar-refractivity contribution in [2.75, 3.05) is 11.4 Å². The van der Waals surface area contributed by atoms with E-state index in [1.165, 1.54) is 11.0 Å². The molecule has 1 aliphatic heterocycles. The smallest absolute Gasteiger partial charge is 0.356 e. The average molecular weight is 448 g/mol. The summed E-state index contributed by atoms with van der Waals surface area (Å²) in [7, 11) is 0. The minimum Gasteiger partial charge on any atom is -0.356 e. The lowest BCUT2D eigenvalue weighted by molar-refractivity contribution is -0.155. The van der Waals surface area contributed by atoms with Gasteiger partial charge in [-0.15, -0.1) is 6.58 Å². The van der Waals surface area contributed by atoms with Gasteiger partial charge in [-0.1, -0.05) is 17.7 Å². The third kappa shape index (κ3) is 3.47. The summed E-state index contributed by atoms with van der Waals surface area (Å²) in [5.41, 5.74) is 2.17. The predicted molar refractivity (Wildman–Crippen MR) is 97.1 cm³/mol. The normalized spacial score (nSPS) is 17.3. The molecule has 1 aliphatic rings. The first-order chi connectivity index (χ1) is 14.0. The second-order valence-electron chi connectivity index (χ2n) is 6.61. The molecule has 1 unspecified atom stereocenters. The summed E-state index contributed by atoms with van der Waals surface area (Å²) >= 11 is 6.05. The third-order valence-corrected chi connectivity index (χ3v) is 4.98. The van der Waals surface area contributed by atoms with Crippen molar-refractivity contribution in [2.45, 2.75) is 24.8 Å². The zero-order chi connectivity index (χ0) is 21.8. The Kier molecular flexibility index (Phi) is 4.68. The Morgan fingerprint density at radius 1 is 1.07 bits per heavy atom. The highest BCUT2D eigenvalue weighted by molar-refractivity contribution is 6.31. The second kappa shape index (κ2) is 6.86. The number of halogens is 7. The molecule has 1 atom stereocenters. The van der Waals surface area contributed by atoms with Gasteiger partial charge < -0.3 is 9.88 Å². The molecule has 0 saturated carbocycles. The minimum absolute atomic E-state index is 0.0712. The number of alkyl halides is 6. The van der Waals surface area contributed by atoms with Gasteiger partial charge in [-0.05, 0) is 30.2 Å². The van der Waals surface area contributed by atoms with Gasteiger partial charge >= 0.3 is 12.4 Å². The molecule has 3 heterocycles. The van der Waals surface area contributed by atoms with E-state index in [9.17, 15) is 26.3 Å². The van der Waals surface area contributed by atoms with E-state index in [0.717, 1.165) is 16.5 Å². The van der Waals surface area contributed by atoms with Gasteiger partial charge in [0.05, 0.1) is 6.04 Å². The number of H-pyrrole nitrogens is 1. The molecule has 0 saturated heterocycles. The van der Waals surface area contributed by atoms with Crippen molar-refractivity contribution in [3.8, 4) is 0 Å². The highest BCUT2D eigenvalue weighted by Crippen LogP contribution is 2.39. The molecular formula is C18H12ClF6N5. The number of rotatable bonds is 2. The van der Waals surface area contributed by atoms with Crippen molar-refractivity contribution >= 4 is 28.5 Å². The highest BCUT2D eigenvalue weighted by Gasteiger charge is 2.43. The van der Waals surface area contributed by atoms with Gasteiger partial charge in [0.1, 0.15) is 0 Å². The Balaban J connectivity index is 1.85. The standard InChI is InChI=1S/C18H12ClF6N5/c1-2-12-13-9(10-7-8(19)3-4-11(10)26-13)5-6-30(12)16-28-14(17(20,21)22)27-15(29-16)18(23,24)25/h2-4,7,12,26H,1,5-6H2. The summed E-state index contributed by atoms with van der Waals surface area (Å²) in [6, 6.07) is 4.38. The second-order valence-corrected chi connectivity index (χ2v) is 7.05. The number of nitrogens with zero attached hydrogens (tertiary/aromatic N) is 4. The summed E-state index contributed by atoms with van der Waals surface area (Å²) in [6.45, 7) is 3.76. The van der Waals surface area contributed by atoms with Crippen LogP contribution in [-0.2, 0) is 18.8 Å². The van der Waals surface area contributed by atoms with E-state index in [4.69, 9.17) is 11.6 Å². The Morgan fingerprint density at radius 3 is 2.27 bits per heavy atom. The molecule has 12 heteroatoms. The number of nitrogens with one attached hydrogen (secondary N) is 1. The maximum atomic E-state index is 13.1. The van der Waals surface area contributed by atoms with E-state index in [1.54, 1.807) is 18.2 Å². The predicted octanol–water partition coefficient (Wildman–Crippen LogP) is 5.33. The molecule has 158 valence electrons. The molecule has 0 bridgehead atoms. The van der Waals surface area contributed by atoms with E-state index in [0.29, 0.717) is 17.1 Å². The van der Waals surface area contributed by atoms with Gasteiger partial charge in [-0.2, -0.15) is 36.3 Å². The van der Waals surface area contributed by atoms with E-state index in [-0.39, 0.29) is 6.54 Å². The van der Waals surface area contributed by atoms with Crippen LogP contribution in [0.4, 0.5) is 32.3 Å². The molecule has 1 aromatic carbocycles. The van der Waals surface area contributed by atoms with Crippen LogP contribution >= 0.6 is 11.6 Å². The van der Waals surface area contributed by atoms with Crippen molar-refractivity contribution in [1.82, 2.24) is 19.9 Å². The summed E-state index contributed by atoms with van der Waals surface area (Å²) < 4.78 is 78.7. The third-order valence-electron chi connectivity index (χ3n) is 4.75. The first-order valence-corrected chi connectivity index (χ1v) is 8.96. The van der Waals surface area contributed by atoms with Gasteiger partial charge in [0.2, 0.25) is 17.6 Å². The van der Waals surface area contributed by atoms with Crippen molar-refractivity contribution in [2.24, 2.45) is 0 Å². The van der Waals surface area contributed by atoms with E-state index < -0.39 is 36.0 Å². The van der Waals surface area contributed by atoms with Crippen LogP contribution in [0.3, 0.4) is 0 Å². The number of aromatic nitrogens is 4. The van der Waals surface area contributed by atoms with E-state index in [1.807, 2.05) is 0 Å². The number of aromatic amines is 1. The van der Waals surface area contributed by atoms with Crippen molar-refractivity contribution in [3.05, 3.63) is 58.8 Å². The molecule has 0 radical (unpaired) electrons.